The normalized spacial score (nSPS) is 10.9. The van der Waals surface area contributed by atoms with Crippen molar-refractivity contribution >= 4 is 17.6 Å². The predicted octanol–water partition coefficient (Wildman–Crippen LogP) is 4.15. The van der Waals surface area contributed by atoms with Crippen LogP contribution in [0.3, 0.4) is 0 Å². The van der Waals surface area contributed by atoms with Crippen LogP contribution in [0.1, 0.15) is 34.6 Å². The predicted molar refractivity (Wildman–Crippen MR) is 119 cm³/mol. The topological polar surface area (TPSA) is 64.6 Å². The van der Waals surface area contributed by atoms with E-state index in [4.69, 9.17) is 9.47 Å². The Labute approximate surface area is 178 Å². The lowest BCUT2D eigenvalue weighted by atomic mass is 10.1. The van der Waals surface area contributed by atoms with E-state index in [9.17, 15) is 9.59 Å². The molecule has 0 fully saturated rings. The first-order valence-corrected chi connectivity index (χ1v) is 10.2. The Kier molecular flexibility index (Phi) is 8.62. The van der Waals surface area contributed by atoms with E-state index >= 15 is 0 Å². The molecule has 0 aromatic heterocycles. The van der Waals surface area contributed by atoms with Crippen LogP contribution in [0.15, 0.2) is 61.2 Å². The number of ether oxygens (including phenoxy) is 2. The van der Waals surface area contributed by atoms with Crippen molar-refractivity contribution in [3.8, 4) is 5.75 Å². The largest absolute Gasteiger partial charge is 0.489 e. The minimum absolute atomic E-state index is 0.291. The van der Waals surface area contributed by atoms with Crippen LogP contribution in [0, 0.1) is 0 Å². The van der Waals surface area contributed by atoms with Gasteiger partial charge in [0.25, 0.3) is 5.91 Å². The van der Waals surface area contributed by atoms with Gasteiger partial charge in [0.2, 0.25) is 0 Å². The van der Waals surface area contributed by atoms with Crippen molar-refractivity contribution in [1.29, 1.82) is 0 Å². The van der Waals surface area contributed by atoms with E-state index in [1.807, 2.05) is 0 Å². The summed E-state index contributed by atoms with van der Waals surface area (Å²) < 4.78 is 11.8. The van der Waals surface area contributed by atoms with Crippen molar-refractivity contribution in [3.05, 3.63) is 72.3 Å². The summed E-state index contributed by atoms with van der Waals surface area (Å²) >= 11 is 0. The molecular weight excluding hydrogens is 380 g/mol. The maximum Gasteiger partial charge on any atom is 0.338 e. The van der Waals surface area contributed by atoms with Crippen LogP contribution < -0.4 is 10.1 Å². The monoisotopic (exact) mass is 411 g/mol. The highest BCUT2D eigenvalue weighted by molar-refractivity contribution is 6.06. The van der Waals surface area contributed by atoms with Crippen molar-refractivity contribution in [2.45, 2.75) is 13.8 Å². The second-order valence-electron chi connectivity index (χ2n) is 7.24. The molecule has 0 atom stereocenters. The zero-order valence-electron chi connectivity index (χ0n) is 18.0. The van der Waals surface area contributed by atoms with Crippen LogP contribution in [-0.4, -0.2) is 56.3 Å². The SMILES string of the molecule is C=CCOc1ccccc1C(=O)Nc1ccc(C(=O)OCC[N+](C)(CC)CC)cc1. The lowest BCUT2D eigenvalue weighted by molar-refractivity contribution is -0.906. The first kappa shape index (κ1) is 23.2. The van der Waals surface area contributed by atoms with Crippen molar-refractivity contribution < 1.29 is 23.5 Å². The number of nitrogens with one attached hydrogen (secondary N) is 1. The zero-order valence-corrected chi connectivity index (χ0v) is 18.0. The van der Waals surface area contributed by atoms with Crippen LogP contribution >= 0.6 is 0 Å². The number of anilines is 1. The van der Waals surface area contributed by atoms with Gasteiger partial charge in [-0.15, -0.1) is 0 Å². The summed E-state index contributed by atoms with van der Waals surface area (Å²) in [6.07, 6.45) is 1.62. The summed E-state index contributed by atoms with van der Waals surface area (Å²) in [5, 5.41) is 2.82. The van der Waals surface area contributed by atoms with Crippen LogP contribution in [0.25, 0.3) is 0 Å². The fourth-order valence-electron chi connectivity index (χ4n) is 2.80. The Bertz CT molecular complexity index is 858. The van der Waals surface area contributed by atoms with E-state index in [2.05, 4.69) is 32.8 Å². The number of esters is 1. The Morgan fingerprint density at radius 3 is 2.37 bits per heavy atom. The highest BCUT2D eigenvalue weighted by Crippen LogP contribution is 2.20. The standard InChI is InChI=1S/C24H30N2O4/c1-5-17-29-22-11-9-8-10-21(22)23(27)25-20-14-12-19(13-15-20)24(28)30-18-16-26(4,6-2)7-3/h5,8-15H,1,6-7,16-18H2,2-4H3/p+1. The molecule has 2 aromatic carbocycles. The summed E-state index contributed by atoms with van der Waals surface area (Å²) in [7, 11) is 2.14. The van der Waals surface area contributed by atoms with E-state index < -0.39 is 0 Å². The minimum Gasteiger partial charge on any atom is -0.489 e. The third-order valence-corrected chi connectivity index (χ3v) is 5.26. The van der Waals surface area contributed by atoms with Crippen molar-refractivity contribution in [1.82, 2.24) is 0 Å². The van der Waals surface area contributed by atoms with Crippen LogP contribution in [0.2, 0.25) is 0 Å². The van der Waals surface area contributed by atoms with Gasteiger partial charge in [0.15, 0.2) is 0 Å². The Morgan fingerprint density at radius 2 is 1.73 bits per heavy atom. The number of hydrogen-bond acceptors (Lipinski definition) is 4. The number of amides is 1. The number of benzene rings is 2. The maximum absolute atomic E-state index is 12.6. The highest BCUT2D eigenvalue weighted by atomic mass is 16.5. The fraction of sp³-hybridized carbons (Fsp3) is 0.333. The molecule has 160 valence electrons. The molecule has 0 aliphatic heterocycles. The summed E-state index contributed by atoms with van der Waals surface area (Å²) in [6.45, 7) is 11.3. The van der Waals surface area contributed by atoms with Gasteiger partial charge < -0.3 is 19.3 Å². The highest BCUT2D eigenvalue weighted by Gasteiger charge is 2.18. The van der Waals surface area contributed by atoms with E-state index in [1.54, 1.807) is 54.6 Å². The lowest BCUT2D eigenvalue weighted by Crippen LogP contribution is -2.46. The summed E-state index contributed by atoms with van der Waals surface area (Å²) in [4.78, 5) is 24.9. The molecule has 0 saturated carbocycles. The molecule has 1 N–H and O–H groups in total. The van der Waals surface area contributed by atoms with Gasteiger partial charge in [-0.2, -0.15) is 0 Å². The summed E-state index contributed by atoms with van der Waals surface area (Å²) in [5.41, 5.74) is 1.46. The molecule has 0 bridgehead atoms. The van der Waals surface area contributed by atoms with Crippen LogP contribution in [0.4, 0.5) is 5.69 Å². The second-order valence-corrected chi connectivity index (χ2v) is 7.24. The molecule has 30 heavy (non-hydrogen) atoms. The second kappa shape index (κ2) is 11.2. The first-order valence-electron chi connectivity index (χ1n) is 10.2. The number of nitrogens with zero attached hydrogens (tertiary/aromatic N) is 1. The molecule has 0 radical (unpaired) electrons. The molecule has 0 aliphatic rings. The van der Waals surface area contributed by atoms with Crippen molar-refractivity contribution in [2.24, 2.45) is 0 Å². The zero-order chi connectivity index (χ0) is 22.0. The molecule has 2 aromatic rings. The average Bonchev–Trinajstić information content (AvgIpc) is 2.78. The minimum atomic E-state index is -0.366. The van der Waals surface area contributed by atoms with E-state index in [1.165, 1.54) is 0 Å². The molecule has 1 amide bonds. The number of carbonyl (C=O) groups is 2. The Hall–Kier alpha value is -3.12. The van der Waals surface area contributed by atoms with Gasteiger partial charge in [0, 0.05) is 5.69 Å². The number of para-hydroxylation sites is 1. The van der Waals surface area contributed by atoms with Gasteiger partial charge in [-0.25, -0.2) is 4.79 Å². The van der Waals surface area contributed by atoms with Gasteiger partial charge >= 0.3 is 5.97 Å². The molecule has 0 spiro atoms. The third-order valence-electron chi connectivity index (χ3n) is 5.26. The number of quaternary nitrogens is 1. The third kappa shape index (κ3) is 6.46. The smallest absolute Gasteiger partial charge is 0.338 e. The quantitative estimate of drug-likeness (QED) is 0.343. The number of rotatable bonds is 11. The first-order chi connectivity index (χ1) is 14.4. The van der Waals surface area contributed by atoms with Crippen LogP contribution in [0.5, 0.6) is 5.75 Å². The van der Waals surface area contributed by atoms with Crippen LogP contribution in [-0.2, 0) is 4.74 Å². The molecule has 6 nitrogen and oxygen atoms in total. The average molecular weight is 412 g/mol. The Balaban J connectivity index is 1.95. The molecule has 2 rings (SSSR count). The number of carbonyl (C=O) groups excluding carboxylic acids is 2. The summed E-state index contributed by atoms with van der Waals surface area (Å²) in [6, 6.07) is 13.7. The van der Waals surface area contributed by atoms with Crippen molar-refractivity contribution in [3.63, 3.8) is 0 Å². The van der Waals surface area contributed by atoms with Gasteiger partial charge in [-0.3, -0.25) is 4.79 Å². The number of likely N-dealkylation sites (N-methyl/N-ethyl adjacent to an activating group) is 1. The van der Waals surface area contributed by atoms with Gasteiger partial charge in [-0.1, -0.05) is 24.8 Å². The maximum atomic E-state index is 12.6. The molecule has 6 heteroatoms. The molecule has 0 aliphatic carbocycles. The van der Waals surface area contributed by atoms with Crippen molar-refractivity contribution in [2.75, 3.05) is 45.2 Å². The molecular formula is C24H31N2O4+. The molecule has 0 saturated heterocycles. The van der Waals surface area contributed by atoms with E-state index in [0.717, 1.165) is 24.1 Å². The summed E-state index contributed by atoms with van der Waals surface area (Å²) in [5.74, 6) is -0.171. The molecule has 0 heterocycles. The van der Waals surface area contributed by atoms with E-state index in [0.29, 0.717) is 35.8 Å². The Morgan fingerprint density at radius 1 is 1.07 bits per heavy atom. The van der Waals surface area contributed by atoms with Gasteiger partial charge in [-0.05, 0) is 50.2 Å². The molecule has 0 unspecified atom stereocenters. The fourth-order valence-corrected chi connectivity index (χ4v) is 2.80. The van der Waals surface area contributed by atoms with Gasteiger partial charge in [0.1, 0.15) is 25.5 Å². The van der Waals surface area contributed by atoms with Gasteiger partial charge in [0.05, 0.1) is 31.3 Å². The number of hydrogen-bond donors (Lipinski definition) is 1. The lowest BCUT2D eigenvalue weighted by Gasteiger charge is -2.31. The van der Waals surface area contributed by atoms with E-state index in [-0.39, 0.29) is 11.9 Å².